The van der Waals surface area contributed by atoms with Crippen LogP contribution in [0.1, 0.15) is 36.1 Å². The van der Waals surface area contributed by atoms with Crippen LogP contribution in [-0.4, -0.2) is 5.71 Å². The number of allylic oxidation sites excluding steroid dienone is 1. The number of benzene rings is 1. The van der Waals surface area contributed by atoms with Gasteiger partial charge in [0.1, 0.15) is 0 Å². The maximum absolute atomic E-state index is 4.40. The highest BCUT2D eigenvalue weighted by atomic mass is 14.8. The van der Waals surface area contributed by atoms with Crippen LogP contribution in [0, 0.1) is 6.92 Å². The number of rotatable bonds is 1. The highest BCUT2D eigenvalue weighted by Crippen LogP contribution is 2.30. The molecule has 1 heteroatoms. The van der Waals surface area contributed by atoms with E-state index in [1.54, 1.807) is 0 Å². The number of aliphatic imine (C=N–C) groups is 1. The van der Waals surface area contributed by atoms with Gasteiger partial charge in [0.25, 0.3) is 0 Å². The maximum atomic E-state index is 4.40. The van der Waals surface area contributed by atoms with Crippen molar-refractivity contribution in [3.63, 3.8) is 0 Å². The molecule has 0 fully saturated rings. The van der Waals surface area contributed by atoms with E-state index < -0.39 is 0 Å². The van der Waals surface area contributed by atoms with E-state index in [2.05, 4.69) is 42.8 Å². The van der Waals surface area contributed by atoms with Gasteiger partial charge >= 0.3 is 0 Å². The predicted molar refractivity (Wildman–Crippen MR) is 67.1 cm³/mol. The van der Waals surface area contributed by atoms with Gasteiger partial charge in [0, 0.05) is 16.8 Å². The van der Waals surface area contributed by atoms with E-state index in [0.717, 1.165) is 11.4 Å². The molecule has 2 rings (SSSR count). The van der Waals surface area contributed by atoms with E-state index in [4.69, 9.17) is 0 Å². The van der Waals surface area contributed by atoms with Crippen molar-refractivity contribution in [2.24, 2.45) is 4.99 Å². The van der Waals surface area contributed by atoms with Gasteiger partial charge in [-0.1, -0.05) is 18.7 Å². The van der Waals surface area contributed by atoms with Crippen LogP contribution in [0.3, 0.4) is 0 Å². The molecule has 0 amide bonds. The molecule has 1 aliphatic heterocycles. The van der Waals surface area contributed by atoms with E-state index in [9.17, 15) is 0 Å². The molecule has 1 aromatic carbocycles. The number of nitrogens with zero attached hydrogens (tertiary/aromatic N) is 1. The second-order valence-electron chi connectivity index (χ2n) is 3.90. The van der Waals surface area contributed by atoms with Crippen LogP contribution >= 0.6 is 0 Å². The van der Waals surface area contributed by atoms with Gasteiger partial charge in [0.2, 0.25) is 0 Å². The Morgan fingerprint density at radius 3 is 2.60 bits per heavy atom. The largest absolute Gasteiger partial charge is 0.253 e. The van der Waals surface area contributed by atoms with Gasteiger partial charge in [-0.15, -0.1) is 0 Å². The summed E-state index contributed by atoms with van der Waals surface area (Å²) in [6.07, 6.45) is 4.19. The maximum Gasteiger partial charge on any atom is 0.0640 e. The van der Waals surface area contributed by atoms with Crippen molar-refractivity contribution in [1.82, 2.24) is 0 Å². The third-order valence-corrected chi connectivity index (χ3v) is 2.76. The standard InChI is InChI=1S/C14H15N/c1-5-6-12-8-14-11(4)15-10(3)13(14)7-9(12)2/h5-8H,3H2,1-2,4H3/b6-5-. The van der Waals surface area contributed by atoms with Crippen LogP contribution < -0.4 is 0 Å². The first-order valence-corrected chi connectivity index (χ1v) is 5.15. The SMILES string of the molecule is C=C1N=C(C)c2cc(/C=C\C)c(C)cc21. The highest BCUT2D eigenvalue weighted by molar-refractivity contribution is 6.10. The second-order valence-corrected chi connectivity index (χ2v) is 3.90. The number of hydrogen-bond donors (Lipinski definition) is 0. The fraction of sp³-hybridized carbons (Fsp3) is 0.214. The fourth-order valence-electron chi connectivity index (χ4n) is 1.94. The van der Waals surface area contributed by atoms with Crippen LogP contribution in [0.2, 0.25) is 0 Å². The molecular formula is C14H15N. The lowest BCUT2D eigenvalue weighted by Gasteiger charge is -2.06. The zero-order valence-electron chi connectivity index (χ0n) is 9.46. The molecule has 0 N–H and O–H groups in total. The van der Waals surface area contributed by atoms with Crippen molar-refractivity contribution in [2.45, 2.75) is 20.8 Å². The highest BCUT2D eigenvalue weighted by Gasteiger charge is 2.16. The molecule has 1 heterocycles. The topological polar surface area (TPSA) is 12.4 Å². The lowest BCUT2D eigenvalue weighted by atomic mass is 9.97. The van der Waals surface area contributed by atoms with Gasteiger partial charge < -0.3 is 0 Å². The van der Waals surface area contributed by atoms with Gasteiger partial charge in [0.05, 0.1) is 5.70 Å². The van der Waals surface area contributed by atoms with Gasteiger partial charge in [-0.2, -0.15) is 0 Å². The summed E-state index contributed by atoms with van der Waals surface area (Å²) in [5, 5.41) is 0. The molecule has 0 spiro atoms. The molecule has 0 bridgehead atoms. The zero-order chi connectivity index (χ0) is 11.0. The Kier molecular flexibility index (Phi) is 2.31. The van der Waals surface area contributed by atoms with Crippen LogP contribution in [0.4, 0.5) is 0 Å². The van der Waals surface area contributed by atoms with Crippen LogP contribution in [0.15, 0.2) is 29.8 Å². The Hall–Kier alpha value is -1.63. The molecule has 0 saturated carbocycles. The number of hydrogen-bond acceptors (Lipinski definition) is 1. The van der Waals surface area contributed by atoms with Crippen molar-refractivity contribution in [1.29, 1.82) is 0 Å². The number of aryl methyl sites for hydroxylation is 1. The quantitative estimate of drug-likeness (QED) is 0.649. The lowest BCUT2D eigenvalue weighted by molar-refractivity contribution is 1.41. The average Bonchev–Trinajstić information content (AvgIpc) is 2.44. The Balaban J connectivity index is 2.64. The summed E-state index contributed by atoms with van der Waals surface area (Å²) in [5.74, 6) is 0. The van der Waals surface area contributed by atoms with E-state index >= 15 is 0 Å². The molecule has 0 aliphatic carbocycles. The van der Waals surface area contributed by atoms with Crippen molar-refractivity contribution >= 4 is 17.5 Å². The minimum Gasteiger partial charge on any atom is -0.253 e. The Morgan fingerprint density at radius 2 is 1.93 bits per heavy atom. The second kappa shape index (κ2) is 3.50. The fourth-order valence-corrected chi connectivity index (χ4v) is 1.94. The first-order chi connectivity index (χ1) is 7.13. The summed E-state index contributed by atoms with van der Waals surface area (Å²) in [4.78, 5) is 4.40. The molecule has 1 aromatic rings. The van der Waals surface area contributed by atoms with Crippen molar-refractivity contribution in [3.05, 3.63) is 47.0 Å². The monoisotopic (exact) mass is 197 g/mol. The van der Waals surface area contributed by atoms with Crippen LogP contribution in [0.5, 0.6) is 0 Å². The molecular weight excluding hydrogens is 182 g/mol. The summed E-state index contributed by atoms with van der Waals surface area (Å²) >= 11 is 0. The molecule has 1 nitrogen and oxygen atoms in total. The molecule has 1 aliphatic rings. The molecule has 0 radical (unpaired) electrons. The van der Waals surface area contributed by atoms with E-state index in [1.165, 1.54) is 22.3 Å². The zero-order valence-corrected chi connectivity index (χ0v) is 9.46. The first-order valence-electron chi connectivity index (χ1n) is 5.15. The normalized spacial score (nSPS) is 14.6. The lowest BCUT2D eigenvalue weighted by Crippen LogP contribution is -1.94. The number of fused-ring (bicyclic) bond motifs is 1. The van der Waals surface area contributed by atoms with E-state index in [1.807, 2.05) is 13.8 Å². The molecule has 0 saturated heterocycles. The van der Waals surface area contributed by atoms with Crippen molar-refractivity contribution < 1.29 is 0 Å². The third-order valence-electron chi connectivity index (χ3n) is 2.76. The van der Waals surface area contributed by atoms with E-state index in [0.29, 0.717) is 0 Å². The molecule has 0 unspecified atom stereocenters. The minimum absolute atomic E-state index is 0.887. The van der Waals surface area contributed by atoms with E-state index in [-0.39, 0.29) is 0 Å². The van der Waals surface area contributed by atoms with Crippen LogP contribution in [0.25, 0.3) is 11.8 Å². The smallest absolute Gasteiger partial charge is 0.0640 e. The summed E-state index contributed by atoms with van der Waals surface area (Å²) < 4.78 is 0. The summed E-state index contributed by atoms with van der Waals surface area (Å²) in [6.45, 7) is 10.1. The van der Waals surface area contributed by atoms with Crippen molar-refractivity contribution in [3.8, 4) is 0 Å². The van der Waals surface area contributed by atoms with Gasteiger partial charge in [-0.3, -0.25) is 4.99 Å². The minimum atomic E-state index is 0.887. The van der Waals surface area contributed by atoms with Gasteiger partial charge in [-0.25, -0.2) is 0 Å². The molecule has 0 atom stereocenters. The average molecular weight is 197 g/mol. The van der Waals surface area contributed by atoms with Crippen LogP contribution in [-0.2, 0) is 0 Å². The Bertz CT molecular complexity index is 490. The Morgan fingerprint density at radius 1 is 1.20 bits per heavy atom. The van der Waals surface area contributed by atoms with Gasteiger partial charge in [-0.05, 0) is 44.0 Å². The van der Waals surface area contributed by atoms with Crippen molar-refractivity contribution in [2.75, 3.05) is 0 Å². The predicted octanol–water partition coefficient (Wildman–Crippen LogP) is 3.82. The summed E-state index contributed by atoms with van der Waals surface area (Å²) in [6, 6.07) is 4.37. The first kappa shape index (κ1) is 9.91. The molecule has 0 aromatic heterocycles. The third kappa shape index (κ3) is 1.54. The Labute approximate surface area is 90.9 Å². The summed E-state index contributed by atoms with van der Waals surface area (Å²) in [5.41, 5.74) is 6.90. The summed E-state index contributed by atoms with van der Waals surface area (Å²) in [7, 11) is 0. The molecule has 15 heavy (non-hydrogen) atoms. The van der Waals surface area contributed by atoms with Gasteiger partial charge in [0.15, 0.2) is 0 Å². The molecule has 76 valence electrons.